The SMILES string of the molecule is Cc1ccc(NC[C@H](Cc2ccccc2)n2ccn(Cc3ccccc3Cl)c2=O)nc1. The Hall–Kier alpha value is -3.31. The zero-order valence-electron chi connectivity index (χ0n) is 17.4. The van der Waals surface area contributed by atoms with Gasteiger partial charge < -0.3 is 5.32 Å². The van der Waals surface area contributed by atoms with E-state index in [9.17, 15) is 4.79 Å². The van der Waals surface area contributed by atoms with Crippen molar-refractivity contribution in [3.8, 4) is 0 Å². The van der Waals surface area contributed by atoms with E-state index in [2.05, 4.69) is 22.4 Å². The number of aromatic nitrogens is 3. The number of anilines is 1. The molecule has 1 N–H and O–H groups in total. The van der Waals surface area contributed by atoms with Gasteiger partial charge in [0.05, 0.1) is 12.6 Å². The molecule has 1 atom stereocenters. The molecule has 2 heterocycles. The summed E-state index contributed by atoms with van der Waals surface area (Å²) in [6, 6.07) is 21.7. The van der Waals surface area contributed by atoms with Crippen LogP contribution < -0.4 is 11.0 Å². The first-order valence-electron chi connectivity index (χ1n) is 10.3. The lowest BCUT2D eigenvalue weighted by molar-refractivity contribution is 0.496. The number of benzene rings is 2. The van der Waals surface area contributed by atoms with E-state index >= 15 is 0 Å². The van der Waals surface area contributed by atoms with Gasteiger partial charge in [0.1, 0.15) is 5.82 Å². The normalized spacial score (nSPS) is 11.9. The van der Waals surface area contributed by atoms with E-state index in [0.29, 0.717) is 18.1 Å². The molecule has 0 radical (unpaired) electrons. The van der Waals surface area contributed by atoms with Crippen LogP contribution in [0.5, 0.6) is 0 Å². The Kier molecular flexibility index (Phi) is 6.53. The third kappa shape index (κ3) is 5.25. The number of halogens is 1. The van der Waals surface area contributed by atoms with Gasteiger partial charge in [-0.2, -0.15) is 0 Å². The Labute approximate surface area is 187 Å². The number of imidazole rings is 1. The third-order valence-corrected chi connectivity index (χ3v) is 5.68. The molecule has 0 aliphatic heterocycles. The molecule has 0 saturated carbocycles. The number of hydrogen-bond acceptors (Lipinski definition) is 3. The largest absolute Gasteiger partial charge is 0.368 e. The number of pyridine rings is 1. The second kappa shape index (κ2) is 9.67. The first-order valence-corrected chi connectivity index (χ1v) is 10.7. The van der Waals surface area contributed by atoms with Gasteiger partial charge in [-0.15, -0.1) is 0 Å². The molecular formula is C25H25ClN4O. The molecule has 2 aromatic heterocycles. The van der Waals surface area contributed by atoms with Crippen LogP contribution in [-0.2, 0) is 13.0 Å². The monoisotopic (exact) mass is 432 g/mol. The van der Waals surface area contributed by atoms with Crippen LogP contribution in [0.15, 0.2) is 90.1 Å². The summed E-state index contributed by atoms with van der Waals surface area (Å²) < 4.78 is 3.49. The Morgan fingerprint density at radius 3 is 2.52 bits per heavy atom. The highest BCUT2D eigenvalue weighted by Crippen LogP contribution is 2.17. The first-order chi connectivity index (χ1) is 15.1. The Bertz CT molecular complexity index is 1180. The minimum Gasteiger partial charge on any atom is -0.368 e. The molecule has 158 valence electrons. The lowest BCUT2D eigenvalue weighted by atomic mass is 10.1. The van der Waals surface area contributed by atoms with Crippen molar-refractivity contribution >= 4 is 17.4 Å². The van der Waals surface area contributed by atoms with E-state index in [1.54, 1.807) is 9.13 Å². The fourth-order valence-electron chi connectivity index (χ4n) is 3.59. The van der Waals surface area contributed by atoms with Crippen molar-refractivity contribution in [3.05, 3.63) is 118 Å². The van der Waals surface area contributed by atoms with Gasteiger partial charge in [-0.3, -0.25) is 9.13 Å². The third-order valence-electron chi connectivity index (χ3n) is 5.31. The summed E-state index contributed by atoms with van der Waals surface area (Å²) in [5.74, 6) is 0.798. The standard InChI is InChI=1S/C25H25ClN4O/c1-19-11-12-24(27-16-19)28-17-22(15-20-7-3-2-4-8-20)30-14-13-29(25(30)31)18-21-9-5-6-10-23(21)26/h2-14,16,22H,15,17-18H2,1H3,(H,27,28)/t22-/m0/s1. The molecule has 6 heteroatoms. The van der Waals surface area contributed by atoms with E-state index in [0.717, 1.165) is 23.4 Å². The van der Waals surface area contributed by atoms with Crippen LogP contribution in [0.3, 0.4) is 0 Å². The molecule has 0 amide bonds. The fourth-order valence-corrected chi connectivity index (χ4v) is 3.78. The molecule has 0 aliphatic rings. The summed E-state index contributed by atoms with van der Waals surface area (Å²) in [5.41, 5.74) is 3.15. The van der Waals surface area contributed by atoms with E-state index in [-0.39, 0.29) is 11.7 Å². The van der Waals surface area contributed by atoms with E-state index in [1.807, 2.05) is 80.1 Å². The number of nitrogens with one attached hydrogen (secondary N) is 1. The van der Waals surface area contributed by atoms with Crippen molar-refractivity contribution in [2.45, 2.75) is 25.9 Å². The molecule has 5 nitrogen and oxygen atoms in total. The molecule has 4 rings (SSSR count). The summed E-state index contributed by atoms with van der Waals surface area (Å²) in [6.45, 7) is 3.04. The van der Waals surface area contributed by atoms with Crippen LogP contribution in [-0.4, -0.2) is 20.7 Å². The first kappa shape index (κ1) is 20.9. The van der Waals surface area contributed by atoms with Crippen LogP contribution in [0, 0.1) is 6.92 Å². The van der Waals surface area contributed by atoms with E-state index in [1.165, 1.54) is 5.56 Å². The van der Waals surface area contributed by atoms with Crippen molar-refractivity contribution in [1.82, 2.24) is 14.1 Å². The number of rotatable bonds is 8. The number of hydrogen-bond donors (Lipinski definition) is 1. The predicted molar refractivity (Wildman–Crippen MR) is 126 cm³/mol. The smallest absolute Gasteiger partial charge is 0.328 e. The zero-order valence-corrected chi connectivity index (χ0v) is 18.2. The summed E-state index contributed by atoms with van der Waals surface area (Å²) in [4.78, 5) is 17.6. The van der Waals surface area contributed by atoms with Gasteiger partial charge in [-0.25, -0.2) is 9.78 Å². The van der Waals surface area contributed by atoms with Gasteiger partial charge in [0, 0.05) is 30.2 Å². The molecule has 0 fully saturated rings. The van der Waals surface area contributed by atoms with Crippen LogP contribution in [0.1, 0.15) is 22.7 Å². The van der Waals surface area contributed by atoms with Crippen molar-refractivity contribution in [2.24, 2.45) is 0 Å². The van der Waals surface area contributed by atoms with Gasteiger partial charge in [0.25, 0.3) is 0 Å². The van der Waals surface area contributed by atoms with Crippen molar-refractivity contribution in [3.63, 3.8) is 0 Å². The Morgan fingerprint density at radius 2 is 1.77 bits per heavy atom. The highest BCUT2D eigenvalue weighted by Gasteiger charge is 2.17. The zero-order chi connectivity index (χ0) is 21.6. The lowest BCUT2D eigenvalue weighted by Crippen LogP contribution is -2.32. The number of nitrogens with zero attached hydrogens (tertiary/aromatic N) is 3. The van der Waals surface area contributed by atoms with Crippen LogP contribution in [0.2, 0.25) is 5.02 Å². The second-order valence-electron chi connectivity index (χ2n) is 7.65. The average molecular weight is 433 g/mol. The summed E-state index contributed by atoms with van der Waals surface area (Å²) in [5, 5.41) is 4.05. The maximum atomic E-state index is 13.2. The second-order valence-corrected chi connectivity index (χ2v) is 8.06. The molecular weight excluding hydrogens is 408 g/mol. The summed E-state index contributed by atoms with van der Waals surface area (Å²) in [7, 11) is 0. The quantitative estimate of drug-likeness (QED) is 0.428. The van der Waals surface area contributed by atoms with Gasteiger partial charge in [0.15, 0.2) is 0 Å². The van der Waals surface area contributed by atoms with E-state index in [4.69, 9.17) is 11.6 Å². The molecule has 4 aromatic rings. The molecule has 0 aliphatic carbocycles. The minimum atomic E-state index is -0.0644. The molecule has 31 heavy (non-hydrogen) atoms. The average Bonchev–Trinajstić information content (AvgIpc) is 3.14. The van der Waals surface area contributed by atoms with E-state index < -0.39 is 0 Å². The van der Waals surface area contributed by atoms with Gasteiger partial charge in [-0.05, 0) is 42.2 Å². The molecule has 0 saturated heterocycles. The maximum absolute atomic E-state index is 13.2. The molecule has 0 unspecified atom stereocenters. The molecule has 0 spiro atoms. The Balaban J connectivity index is 1.58. The van der Waals surface area contributed by atoms with Gasteiger partial charge >= 0.3 is 5.69 Å². The van der Waals surface area contributed by atoms with Crippen molar-refractivity contribution in [2.75, 3.05) is 11.9 Å². The summed E-state index contributed by atoms with van der Waals surface area (Å²) >= 11 is 6.29. The molecule has 2 aromatic carbocycles. The van der Waals surface area contributed by atoms with Crippen LogP contribution in [0.4, 0.5) is 5.82 Å². The van der Waals surface area contributed by atoms with Gasteiger partial charge in [-0.1, -0.05) is 66.2 Å². The highest BCUT2D eigenvalue weighted by molar-refractivity contribution is 6.31. The van der Waals surface area contributed by atoms with Crippen LogP contribution in [0.25, 0.3) is 0 Å². The van der Waals surface area contributed by atoms with Crippen molar-refractivity contribution < 1.29 is 0 Å². The predicted octanol–water partition coefficient (Wildman–Crippen LogP) is 4.95. The van der Waals surface area contributed by atoms with Gasteiger partial charge in [0.2, 0.25) is 0 Å². The highest BCUT2D eigenvalue weighted by atomic mass is 35.5. The maximum Gasteiger partial charge on any atom is 0.328 e. The minimum absolute atomic E-state index is 0.0560. The number of aryl methyl sites for hydroxylation is 1. The van der Waals surface area contributed by atoms with Crippen molar-refractivity contribution in [1.29, 1.82) is 0 Å². The summed E-state index contributed by atoms with van der Waals surface area (Å²) in [6.07, 6.45) is 6.25. The topological polar surface area (TPSA) is 51.9 Å². The Morgan fingerprint density at radius 1 is 1.00 bits per heavy atom. The van der Waals surface area contributed by atoms with Crippen LogP contribution >= 0.6 is 11.6 Å². The fraction of sp³-hybridized carbons (Fsp3) is 0.200. The lowest BCUT2D eigenvalue weighted by Gasteiger charge is -2.19. The molecule has 0 bridgehead atoms.